The standard InChI is InChI=1S/C19H25NO3S2/c21-18-11-6-2-5-10-17(18)15-20(14-16-8-3-1-4-9-16)25(22,23)19-12-7-13-24-19/h1,3-4,7-9,12-13,17-18,21H,2,5-6,10-11,14-15H2. The molecule has 1 N–H and O–H groups in total. The van der Waals surface area contributed by atoms with E-state index in [0.29, 0.717) is 17.3 Å². The third-order valence-electron chi connectivity index (χ3n) is 4.85. The molecule has 0 spiro atoms. The van der Waals surface area contributed by atoms with Crippen LogP contribution in [-0.4, -0.2) is 30.5 Å². The summed E-state index contributed by atoms with van der Waals surface area (Å²) in [5.41, 5.74) is 0.964. The third kappa shape index (κ3) is 4.70. The summed E-state index contributed by atoms with van der Waals surface area (Å²) >= 11 is 1.24. The minimum absolute atomic E-state index is 0.000879. The van der Waals surface area contributed by atoms with Gasteiger partial charge in [-0.3, -0.25) is 0 Å². The van der Waals surface area contributed by atoms with Crippen molar-refractivity contribution < 1.29 is 13.5 Å². The van der Waals surface area contributed by atoms with Crippen LogP contribution >= 0.6 is 11.3 Å². The lowest BCUT2D eigenvalue weighted by molar-refractivity contribution is 0.0880. The molecule has 0 radical (unpaired) electrons. The van der Waals surface area contributed by atoms with Crippen molar-refractivity contribution in [2.75, 3.05) is 6.54 Å². The lowest BCUT2D eigenvalue weighted by Crippen LogP contribution is -2.38. The Kier molecular flexibility index (Phi) is 6.28. The molecule has 0 bridgehead atoms. The van der Waals surface area contributed by atoms with E-state index in [1.165, 1.54) is 11.3 Å². The molecule has 3 rings (SSSR count). The van der Waals surface area contributed by atoms with E-state index in [1.807, 2.05) is 30.3 Å². The van der Waals surface area contributed by atoms with E-state index in [4.69, 9.17) is 0 Å². The molecule has 4 nitrogen and oxygen atoms in total. The van der Waals surface area contributed by atoms with E-state index >= 15 is 0 Å². The Morgan fingerprint density at radius 3 is 2.52 bits per heavy atom. The van der Waals surface area contributed by atoms with Gasteiger partial charge >= 0.3 is 0 Å². The molecule has 6 heteroatoms. The van der Waals surface area contributed by atoms with Gasteiger partial charge in [-0.1, -0.05) is 55.7 Å². The number of thiophene rings is 1. The number of benzene rings is 1. The number of aliphatic hydroxyl groups is 1. The highest BCUT2D eigenvalue weighted by atomic mass is 32.2. The van der Waals surface area contributed by atoms with Gasteiger partial charge < -0.3 is 5.11 Å². The number of hydrogen-bond acceptors (Lipinski definition) is 4. The zero-order valence-electron chi connectivity index (χ0n) is 14.3. The number of sulfonamides is 1. The zero-order valence-corrected chi connectivity index (χ0v) is 15.9. The lowest BCUT2D eigenvalue weighted by atomic mass is 9.97. The number of rotatable bonds is 6. The molecule has 1 aliphatic rings. The van der Waals surface area contributed by atoms with E-state index in [2.05, 4.69) is 0 Å². The van der Waals surface area contributed by atoms with Crippen LogP contribution in [-0.2, 0) is 16.6 Å². The predicted molar refractivity (Wildman–Crippen MR) is 101 cm³/mol. The van der Waals surface area contributed by atoms with Gasteiger partial charge in [-0.05, 0) is 35.8 Å². The average molecular weight is 380 g/mol. The molecule has 2 unspecified atom stereocenters. The minimum Gasteiger partial charge on any atom is -0.393 e. The van der Waals surface area contributed by atoms with Crippen LogP contribution in [0.2, 0.25) is 0 Å². The summed E-state index contributed by atoms with van der Waals surface area (Å²) in [4.78, 5) is 0. The molecule has 1 saturated carbocycles. The van der Waals surface area contributed by atoms with Crippen molar-refractivity contribution >= 4 is 21.4 Å². The van der Waals surface area contributed by atoms with Gasteiger partial charge in [-0.2, -0.15) is 4.31 Å². The number of nitrogens with zero attached hydrogens (tertiary/aromatic N) is 1. The molecule has 2 aromatic rings. The van der Waals surface area contributed by atoms with Crippen LogP contribution < -0.4 is 0 Å². The van der Waals surface area contributed by atoms with E-state index in [0.717, 1.165) is 37.7 Å². The maximum absolute atomic E-state index is 13.1. The topological polar surface area (TPSA) is 57.6 Å². The molecular formula is C19H25NO3S2. The van der Waals surface area contributed by atoms with Crippen molar-refractivity contribution in [2.45, 2.75) is 49.0 Å². The Bertz CT molecular complexity index is 744. The summed E-state index contributed by atoms with van der Waals surface area (Å²) in [6.45, 7) is 0.709. The fourth-order valence-corrected chi connectivity index (χ4v) is 6.04. The Labute approximate surface area is 154 Å². The highest BCUT2D eigenvalue weighted by Gasteiger charge is 2.31. The quantitative estimate of drug-likeness (QED) is 0.775. The second-order valence-corrected chi connectivity index (χ2v) is 9.79. The fourth-order valence-electron chi connectivity index (χ4n) is 3.41. The van der Waals surface area contributed by atoms with Gasteiger partial charge in [0, 0.05) is 13.1 Å². The molecule has 136 valence electrons. The van der Waals surface area contributed by atoms with E-state index in [9.17, 15) is 13.5 Å². The zero-order chi connectivity index (χ0) is 17.7. The van der Waals surface area contributed by atoms with Crippen molar-refractivity contribution in [3.63, 3.8) is 0 Å². The summed E-state index contributed by atoms with van der Waals surface area (Å²) in [7, 11) is -3.55. The molecule has 0 aliphatic heterocycles. The largest absolute Gasteiger partial charge is 0.393 e. The molecule has 0 amide bonds. The monoisotopic (exact) mass is 379 g/mol. The smallest absolute Gasteiger partial charge is 0.252 e. The highest BCUT2D eigenvalue weighted by Crippen LogP contribution is 2.29. The van der Waals surface area contributed by atoms with Crippen LogP contribution in [0.3, 0.4) is 0 Å². The minimum atomic E-state index is -3.55. The van der Waals surface area contributed by atoms with Crippen molar-refractivity contribution in [3.05, 3.63) is 53.4 Å². The maximum Gasteiger partial charge on any atom is 0.252 e. The SMILES string of the molecule is O=S(=O)(c1cccs1)N(Cc1ccccc1)CC1CCCCCC1O. The van der Waals surface area contributed by atoms with Gasteiger partial charge in [0.15, 0.2) is 0 Å². The van der Waals surface area contributed by atoms with E-state index < -0.39 is 16.1 Å². The van der Waals surface area contributed by atoms with Gasteiger partial charge in [0.1, 0.15) is 4.21 Å². The molecule has 0 saturated heterocycles. The fraction of sp³-hybridized carbons (Fsp3) is 0.474. The number of hydrogen-bond donors (Lipinski definition) is 1. The summed E-state index contributed by atoms with van der Waals surface area (Å²) in [6.07, 6.45) is 4.42. The van der Waals surface area contributed by atoms with Crippen molar-refractivity contribution in [2.24, 2.45) is 5.92 Å². The highest BCUT2D eigenvalue weighted by molar-refractivity contribution is 7.91. The molecule has 1 heterocycles. The molecule has 25 heavy (non-hydrogen) atoms. The van der Waals surface area contributed by atoms with Crippen LogP contribution in [0.5, 0.6) is 0 Å². The second kappa shape index (κ2) is 8.45. The third-order valence-corrected chi connectivity index (χ3v) is 8.03. The van der Waals surface area contributed by atoms with Gasteiger partial charge in [0.05, 0.1) is 6.10 Å². The van der Waals surface area contributed by atoms with Crippen LogP contribution in [0.4, 0.5) is 0 Å². The summed E-state index contributed by atoms with van der Waals surface area (Å²) < 4.78 is 28.2. The van der Waals surface area contributed by atoms with E-state index in [-0.39, 0.29) is 5.92 Å². The normalized spacial score (nSPS) is 22.0. The van der Waals surface area contributed by atoms with Crippen molar-refractivity contribution in [3.8, 4) is 0 Å². The van der Waals surface area contributed by atoms with Gasteiger partial charge in [0.25, 0.3) is 10.0 Å². The summed E-state index contributed by atoms with van der Waals surface area (Å²) in [5, 5.41) is 12.2. The van der Waals surface area contributed by atoms with Crippen LogP contribution in [0, 0.1) is 5.92 Å². The molecular weight excluding hydrogens is 354 g/mol. The van der Waals surface area contributed by atoms with Crippen molar-refractivity contribution in [1.29, 1.82) is 0 Å². The molecule has 1 aromatic carbocycles. The summed E-state index contributed by atoms with van der Waals surface area (Å²) in [6, 6.07) is 13.1. The Morgan fingerprint density at radius 1 is 1.04 bits per heavy atom. The second-order valence-electron chi connectivity index (χ2n) is 6.68. The summed E-state index contributed by atoms with van der Waals surface area (Å²) in [5.74, 6) is 0.000879. The first-order valence-electron chi connectivity index (χ1n) is 8.83. The average Bonchev–Trinajstić information content (AvgIpc) is 3.08. The molecule has 1 aromatic heterocycles. The Hall–Kier alpha value is -1.21. The first-order valence-corrected chi connectivity index (χ1v) is 11.1. The Morgan fingerprint density at radius 2 is 1.80 bits per heavy atom. The van der Waals surface area contributed by atoms with Crippen molar-refractivity contribution in [1.82, 2.24) is 4.31 Å². The molecule has 2 atom stereocenters. The van der Waals surface area contributed by atoms with Crippen LogP contribution in [0.15, 0.2) is 52.1 Å². The first-order chi connectivity index (χ1) is 12.1. The lowest BCUT2D eigenvalue weighted by Gasteiger charge is -2.28. The van der Waals surface area contributed by atoms with Gasteiger partial charge in [-0.15, -0.1) is 11.3 Å². The van der Waals surface area contributed by atoms with E-state index in [1.54, 1.807) is 21.8 Å². The van der Waals surface area contributed by atoms with Gasteiger partial charge in [-0.25, -0.2) is 8.42 Å². The predicted octanol–water partition coefficient (Wildman–Crippen LogP) is 3.88. The first kappa shape index (κ1) is 18.6. The molecule has 1 fully saturated rings. The number of aliphatic hydroxyl groups excluding tert-OH is 1. The Balaban J connectivity index is 1.86. The van der Waals surface area contributed by atoms with Gasteiger partial charge in [0.2, 0.25) is 0 Å². The maximum atomic E-state index is 13.1. The van der Waals surface area contributed by atoms with Crippen LogP contribution in [0.25, 0.3) is 0 Å². The molecule has 1 aliphatic carbocycles. The van der Waals surface area contributed by atoms with Crippen LogP contribution in [0.1, 0.15) is 37.7 Å².